The molecule has 1 fully saturated rings. The van der Waals surface area contributed by atoms with Gasteiger partial charge in [0.25, 0.3) is 0 Å². The van der Waals surface area contributed by atoms with E-state index >= 15 is 0 Å². The Labute approximate surface area is 120 Å². The minimum Gasteiger partial charge on any atom is -0.495 e. The Morgan fingerprint density at radius 1 is 1.37 bits per heavy atom. The van der Waals surface area contributed by atoms with E-state index in [-0.39, 0.29) is 29.4 Å². The summed E-state index contributed by atoms with van der Waals surface area (Å²) in [7, 11) is -2.12. The van der Waals surface area contributed by atoms with E-state index in [1.165, 1.54) is 13.2 Å². The second kappa shape index (κ2) is 6.09. The van der Waals surface area contributed by atoms with Crippen LogP contribution in [0.1, 0.15) is 19.3 Å². The first-order valence-electron chi connectivity index (χ1n) is 5.88. The maximum Gasteiger partial charge on any atom is 0.244 e. The van der Waals surface area contributed by atoms with Gasteiger partial charge < -0.3 is 10.5 Å². The zero-order valence-corrected chi connectivity index (χ0v) is 12.4. The van der Waals surface area contributed by atoms with Gasteiger partial charge in [-0.3, -0.25) is 0 Å². The fourth-order valence-electron chi connectivity index (χ4n) is 1.96. The lowest BCUT2D eigenvalue weighted by molar-refractivity contribution is 0.251. The van der Waals surface area contributed by atoms with Crippen molar-refractivity contribution in [2.24, 2.45) is 5.73 Å². The zero-order chi connectivity index (χ0) is 13.2. The predicted octanol–water partition coefficient (Wildman–Crippen LogP) is 1.28. The van der Waals surface area contributed by atoms with Crippen molar-refractivity contribution in [1.82, 2.24) is 4.72 Å². The highest BCUT2D eigenvalue weighted by molar-refractivity contribution is 7.89. The molecule has 0 aromatic heterocycles. The molecule has 19 heavy (non-hydrogen) atoms. The van der Waals surface area contributed by atoms with Crippen molar-refractivity contribution in [3.8, 4) is 5.75 Å². The molecule has 1 aliphatic carbocycles. The predicted molar refractivity (Wildman–Crippen MR) is 76.2 cm³/mol. The summed E-state index contributed by atoms with van der Waals surface area (Å²) in [6, 6.07) is 6.54. The van der Waals surface area contributed by atoms with E-state index in [0.717, 1.165) is 19.3 Å². The van der Waals surface area contributed by atoms with Crippen molar-refractivity contribution in [2.45, 2.75) is 29.7 Å². The molecular formula is C12H19ClN2O3S. The largest absolute Gasteiger partial charge is 0.495 e. The summed E-state index contributed by atoms with van der Waals surface area (Å²) in [5, 5.41) is 0. The van der Waals surface area contributed by atoms with E-state index in [1.807, 2.05) is 0 Å². The molecular weight excluding hydrogens is 288 g/mol. The molecule has 2 rings (SSSR count). The molecule has 0 unspecified atom stereocenters. The lowest BCUT2D eigenvalue weighted by Gasteiger charge is -2.38. The molecule has 3 N–H and O–H groups in total. The molecule has 0 bridgehead atoms. The van der Waals surface area contributed by atoms with E-state index < -0.39 is 10.0 Å². The minimum atomic E-state index is -3.57. The maximum absolute atomic E-state index is 12.2. The highest BCUT2D eigenvalue weighted by atomic mass is 35.5. The monoisotopic (exact) mass is 306 g/mol. The van der Waals surface area contributed by atoms with E-state index in [0.29, 0.717) is 5.75 Å². The van der Waals surface area contributed by atoms with Gasteiger partial charge in [-0.1, -0.05) is 12.1 Å². The van der Waals surface area contributed by atoms with Gasteiger partial charge in [0.15, 0.2) is 0 Å². The molecule has 0 heterocycles. The zero-order valence-electron chi connectivity index (χ0n) is 10.8. The van der Waals surface area contributed by atoms with Crippen LogP contribution in [0.3, 0.4) is 0 Å². The van der Waals surface area contributed by atoms with Crippen molar-refractivity contribution in [3.05, 3.63) is 24.3 Å². The number of methoxy groups -OCH3 is 1. The smallest absolute Gasteiger partial charge is 0.244 e. The molecule has 1 aromatic rings. The summed E-state index contributed by atoms with van der Waals surface area (Å²) in [5.74, 6) is 0.338. The summed E-state index contributed by atoms with van der Waals surface area (Å²) in [5.41, 5.74) is 5.62. The van der Waals surface area contributed by atoms with E-state index in [1.54, 1.807) is 18.2 Å². The molecule has 7 heteroatoms. The van der Waals surface area contributed by atoms with Crippen LogP contribution in [0, 0.1) is 0 Å². The first-order chi connectivity index (χ1) is 8.47. The van der Waals surface area contributed by atoms with Gasteiger partial charge in [-0.15, -0.1) is 12.4 Å². The van der Waals surface area contributed by atoms with Crippen LogP contribution in [-0.2, 0) is 10.0 Å². The average molecular weight is 307 g/mol. The second-order valence-corrected chi connectivity index (χ2v) is 6.43. The van der Waals surface area contributed by atoms with Gasteiger partial charge in [-0.2, -0.15) is 0 Å². The molecule has 1 aromatic carbocycles. The third-order valence-corrected chi connectivity index (χ3v) is 4.76. The fourth-order valence-corrected chi connectivity index (χ4v) is 3.27. The van der Waals surface area contributed by atoms with Crippen LogP contribution in [0.15, 0.2) is 29.2 Å². The Morgan fingerprint density at radius 2 is 2.00 bits per heavy atom. The van der Waals surface area contributed by atoms with Crippen LogP contribution in [-0.4, -0.2) is 27.6 Å². The summed E-state index contributed by atoms with van der Waals surface area (Å²) < 4.78 is 31.9. The van der Waals surface area contributed by atoms with Crippen molar-refractivity contribution >= 4 is 22.4 Å². The Balaban J connectivity index is 0.00000180. The van der Waals surface area contributed by atoms with Crippen molar-refractivity contribution in [1.29, 1.82) is 0 Å². The van der Waals surface area contributed by atoms with Gasteiger partial charge in [-0.25, -0.2) is 13.1 Å². The highest BCUT2D eigenvalue weighted by Gasteiger charge is 2.34. The fraction of sp³-hybridized carbons (Fsp3) is 0.500. The third-order valence-electron chi connectivity index (χ3n) is 3.32. The van der Waals surface area contributed by atoms with Crippen LogP contribution in [0.4, 0.5) is 0 Å². The van der Waals surface area contributed by atoms with E-state index in [9.17, 15) is 8.42 Å². The quantitative estimate of drug-likeness (QED) is 0.858. The number of rotatable bonds is 5. The SMILES string of the molecule is COc1ccccc1S(=O)(=O)NCC1(N)CCC1.Cl. The lowest BCUT2D eigenvalue weighted by Crippen LogP contribution is -2.54. The van der Waals surface area contributed by atoms with Crippen LogP contribution < -0.4 is 15.2 Å². The average Bonchev–Trinajstić information content (AvgIpc) is 2.34. The molecule has 1 saturated carbocycles. The first-order valence-corrected chi connectivity index (χ1v) is 7.37. The highest BCUT2D eigenvalue weighted by Crippen LogP contribution is 2.29. The lowest BCUT2D eigenvalue weighted by atomic mass is 9.78. The Morgan fingerprint density at radius 3 is 2.53 bits per heavy atom. The number of halogens is 1. The Kier molecular flexibility index (Phi) is 5.20. The Bertz CT molecular complexity index is 530. The number of benzene rings is 1. The normalized spacial score (nSPS) is 17.2. The van der Waals surface area contributed by atoms with Crippen molar-refractivity contribution < 1.29 is 13.2 Å². The van der Waals surface area contributed by atoms with Gasteiger partial charge in [-0.05, 0) is 31.4 Å². The summed E-state index contributed by atoms with van der Waals surface area (Å²) in [6.07, 6.45) is 2.79. The molecule has 0 radical (unpaired) electrons. The van der Waals surface area contributed by atoms with E-state index in [2.05, 4.69) is 4.72 Å². The summed E-state index contributed by atoms with van der Waals surface area (Å²) >= 11 is 0. The number of para-hydroxylation sites is 1. The number of nitrogens with one attached hydrogen (secondary N) is 1. The number of ether oxygens (including phenoxy) is 1. The van der Waals surface area contributed by atoms with Gasteiger partial charge >= 0.3 is 0 Å². The molecule has 0 spiro atoms. The minimum absolute atomic E-state index is 0. The van der Waals surface area contributed by atoms with Crippen molar-refractivity contribution in [2.75, 3.05) is 13.7 Å². The second-order valence-electron chi connectivity index (χ2n) is 4.69. The molecule has 0 aliphatic heterocycles. The van der Waals surface area contributed by atoms with Crippen LogP contribution in [0.2, 0.25) is 0 Å². The number of sulfonamides is 1. The van der Waals surface area contributed by atoms with Gasteiger partial charge in [0.2, 0.25) is 10.0 Å². The molecule has 1 aliphatic rings. The van der Waals surface area contributed by atoms with Crippen LogP contribution in [0.5, 0.6) is 5.75 Å². The summed E-state index contributed by atoms with van der Waals surface area (Å²) in [4.78, 5) is 0.149. The van der Waals surface area contributed by atoms with Gasteiger partial charge in [0.1, 0.15) is 10.6 Å². The first kappa shape index (κ1) is 16.2. The number of hydrogen-bond acceptors (Lipinski definition) is 4. The summed E-state index contributed by atoms with van der Waals surface area (Å²) in [6.45, 7) is 0.271. The van der Waals surface area contributed by atoms with Crippen LogP contribution >= 0.6 is 12.4 Å². The van der Waals surface area contributed by atoms with Gasteiger partial charge in [0, 0.05) is 12.1 Å². The molecule has 108 valence electrons. The van der Waals surface area contributed by atoms with Gasteiger partial charge in [0.05, 0.1) is 7.11 Å². The molecule has 0 saturated heterocycles. The maximum atomic E-state index is 12.2. The van der Waals surface area contributed by atoms with Crippen molar-refractivity contribution in [3.63, 3.8) is 0 Å². The standard InChI is InChI=1S/C12H18N2O3S.ClH/c1-17-10-5-2-3-6-11(10)18(15,16)14-9-12(13)7-4-8-12;/h2-3,5-6,14H,4,7-9,13H2,1H3;1H. The molecule has 0 amide bonds. The molecule has 5 nitrogen and oxygen atoms in total. The Hall–Kier alpha value is -0.820. The topological polar surface area (TPSA) is 81.4 Å². The van der Waals surface area contributed by atoms with Crippen LogP contribution in [0.25, 0.3) is 0 Å². The number of hydrogen-bond donors (Lipinski definition) is 2. The molecule has 0 atom stereocenters. The van der Waals surface area contributed by atoms with E-state index in [4.69, 9.17) is 10.5 Å². The third kappa shape index (κ3) is 3.60. The number of nitrogens with two attached hydrogens (primary N) is 1.